The summed E-state index contributed by atoms with van der Waals surface area (Å²) in [5.41, 5.74) is 2.11. The number of unbranched alkanes of at least 4 members (excludes halogenated alkanes) is 1. The standard InChI is InChI=1S/C28H35N5O3/c1-3-4-13-33(24-6-5-11-29-17-24)28(34)19-32-18-22(21-7-9-25-26(16-21)36-20-35-25)15-23(32)8-10-27-30-12-14-31(27)2/h5-7,9,11-12,14,16-17,22-23H,3-4,8,10,13,15,18-20H2,1-2H3/t22-,23+/m1/s1. The molecule has 0 N–H and O–H groups in total. The number of carbonyl (C=O) groups excluding carboxylic acids is 1. The summed E-state index contributed by atoms with van der Waals surface area (Å²) in [5, 5.41) is 0. The second-order valence-electron chi connectivity index (χ2n) is 9.73. The van der Waals surface area contributed by atoms with Gasteiger partial charge in [0.25, 0.3) is 0 Å². The number of hydrogen-bond donors (Lipinski definition) is 0. The van der Waals surface area contributed by atoms with Gasteiger partial charge in [-0.2, -0.15) is 0 Å². The Morgan fingerprint density at radius 1 is 1.19 bits per heavy atom. The van der Waals surface area contributed by atoms with Crippen molar-refractivity contribution in [3.05, 3.63) is 66.5 Å². The van der Waals surface area contributed by atoms with Crippen molar-refractivity contribution in [1.29, 1.82) is 0 Å². The lowest BCUT2D eigenvalue weighted by Crippen LogP contribution is -2.43. The van der Waals surface area contributed by atoms with Crippen LogP contribution in [0.15, 0.2) is 55.1 Å². The van der Waals surface area contributed by atoms with Crippen LogP contribution in [0, 0.1) is 0 Å². The summed E-state index contributed by atoms with van der Waals surface area (Å²) >= 11 is 0. The maximum absolute atomic E-state index is 13.6. The van der Waals surface area contributed by atoms with Gasteiger partial charge in [0.2, 0.25) is 12.7 Å². The Hall–Kier alpha value is -3.39. The minimum Gasteiger partial charge on any atom is -0.454 e. The molecule has 1 saturated heterocycles. The van der Waals surface area contributed by atoms with Crippen molar-refractivity contribution in [2.24, 2.45) is 7.05 Å². The third-order valence-corrected chi connectivity index (χ3v) is 7.35. The maximum Gasteiger partial charge on any atom is 0.241 e. The normalized spacial score (nSPS) is 19.1. The lowest BCUT2D eigenvalue weighted by molar-refractivity contribution is -0.120. The Morgan fingerprint density at radius 3 is 2.86 bits per heavy atom. The summed E-state index contributed by atoms with van der Waals surface area (Å²) in [7, 11) is 2.03. The quantitative estimate of drug-likeness (QED) is 0.426. The van der Waals surface area contributed by atoms with Crippen LogP contribution < -0.4 is 14.4 Å². The first-order valence-electron chi connectivity index (χ1n) is 12.9. The zero-order valence-electron chi connectivity index (χ0n) is 21.2. The van der Waals surface area contributed by atoms with E-state index in [4.69, 9.17) is 9.47 Å². The molecule has 8 nitrogen and oxygen atoms in total. The van der Waals surface area contributed by atoms with Crippen LogP contribution in [0.1, 0.15) is 49.9 Å². The summed E-state index contributed by atoms with van der Waals surface area (Å²) in [6.45, 7) is 4.36. The summed E-state index contributed by atoms with van der Waals surface area (Å²) in [5.74, 6) is 3.16. The molecule has 1 aromatic carbocycles. The van der Waals surface area contributed by atoms with Gasteiger partial charge in [0.15, 0.2) is 11.5 Å². The summed E-state index contributed by atoms with van der Waals surface area (Å²) in [4.78, 5) is 26.7. The number of nitrogens with zero attached hydrogens (tertiary/aromatic N) is 5. The predicted octanol–water partition coefficient (Wildman–Crippen LogP) is 4.17. The molecule has 0 saturated carbocycles. The zero-order valence-corrected chi connectivity index (χ0v) is 21.2. The highest BCUT2D eigenvalue weighted by atomic mass is 16.7. The van der Waals surface area contributed by atoms with Crippen LogP contribution in [0.5, 0.6) is 11.5 Å². The number of carbonyl (C=O) groups is 1. The Balaban J connectivity index is 1.34. The topological polar surface area (TPSA) is 72.7 Å². The molecule has 36 heavy (non-hydrogen) atoms. The molecule has 190 valence electrons. The SMILES string of the molecule is CCCCN(C(=O)CN1C[C@H](c2ccc3c(c2)OCO3)C[C@@H]1CCc1nccn1C)c1cccnc1. The fourth-order valence-corrected chi connectivity index (χ4v) is 5.31. The van der Waals surface area contributed by atoms with Gasteiger partial charge >= 0.3 is 0 Å². The smallest absolute Gasteiger partial charge is 0.241 e. The minimum absolute atomic E-state index is 0.129. The van der Waals surface area contributed by atoms with Gasteiger partial charge < -0.3 is 18.9 Å². The van der Waals surface area contributed by atoms with Gasteiger partial charge in [-0.25, -0.2) is 4.98 Å². The number of pyridine rings is 1. The van der Waals surface area contributed by atoms with Crippen LogP contribution in [0.3, 0.4) is 0 Å². The molecular formula is C28H35N5O3. The highest BCUT2D eigenvalue weighted by molar-refractivity contribution is 5.94. The van der Waals surface area contributed by atoms with Crippen molar-refractivity contribution in [2.75, 3.05) is 31.3 Å². The highest BCUT2D eigenvalue weighted by Gasteiger charge is 2.35. The van der Waals surface area contributed by atoms with Gasteiger partial charge in [-0.15, -0.1) is 0 Å². The van der Waals surface area contributed by atoms with Gasteiger partial charge in [0.05, 0.1) is 18.4 Å². The van der Waals surface area contributed by atoms with E-state index in [1.165, 1.54) is 5.56 Å². The van der Waals surface area contributed by atoms with Crippen molar-refractivity contribution < 1.29 is 14.3 Å². The van der Waals surface area contributed by atoms with Gasteiger partial charge in [-0.05, 0) is 55.0 Å². The van der Waals surface area contributed by atoms with Crippen molar-refractivity contribution in [3.63, 3.8) is 0 Å². The number of imidazole rings is 1. The monoisotopic (exact) mass is 489 g/mol. The molecule has 0 unspecified atom stereocenters. The molecule has 5 rings (SSSR count). The third-order valence-electron chi connectivity index (χ3n) is 7.35. The molecular weight excluding hydrogens is 454 g/mol. The van der Waals surface area contributed by atoms with E-state index < -0.39 is 0 Å². The van der Waals surface area contributed by atoms with Crippen molar-refractivity contribution in [3.8, 4) is 11.5 Å². The molecule has 0 aliphatic carbocycles. The number of ether oxygens (including phenoxy) is 2. The first-order chi connectivity index (χ1) is 17.6. The molecule has 8 heteroatoms. The number of amides is 1. The second kappa shape index (κ2) is 11.1. The second-order valence-corrected chi connectivity index (χ2v) is 9.73. The Morgan fingerprint density at radius 2 is 2.08 bits per heavy atom. The number of anilines is 1. The van der Waals surface area contributed by atoms with Crippen LogP contribution >= 0.6 is 0 Å². The zero-order chi connectivity index (χ0) is 24.9. The summed E-state index contributed by atoms with van der Waals surface area (Å²) in [6, 6.07) is 10.4. The number of fused-ring (bicyclic) bond motifs is 1. The van der Waals surface area contributed by atoms with Crippen molar-refractivity contribution in [1.82, 2.24) is 19.4 Å². The molecule has 2 aromatic heterocycles. The van der Waals surface area contributed by atoms with Gasteiger partial charge in [0.1, 0.15) is 5.82 Å². The van der Waals surface area contributed by atoms with Crippen molar-refractivity contribution >= 4 is 11.6 Å². The summed E-state index contributed by atoms with van der Waals surface area (Å²) < 4.78 is 13.2. The fourth-order valence-electron chi connectivity index (χ4n) is 5.31. The van der Waals surface area contributed by atoms with E-state index in [0.717, 1.165) is 61.7 Å². The molecule has 1 fully saturated rings. The van der Waals surface area contributed by atoms with Crippen molar-refractivity contribution in [2.45, 2.75) is 51.0 Å². The van der Waals surface area contributed by atoms with Crippen LogP contribution in [0.25, 0.3) is 0 Å². The van der Waals surface area contributed by atoms with E-state index in [2.05, 4.69) is 38.5 Å². The highest BCUT2D eigenvalue weighted by Crippen LogP contribution is 2.39. The first kappa shape index (κ1) is 24.3. The molecule has 4 heterocycles. The van der Waals surface area contributed by atoms with Crippen LogP contribution in [-0.4, -0.2) is 57.8 Å². The Kier molecular flexibility index (Phi) is 7.51. The molecule has 2 aliphatic rings. The van der Waals surface area contributed by atoms with Crippen LogP contribution in [0.2, 0.25) is 0 Å². The number of benzene rings is 1. The number of rotatable bonds is 10. The largest absolute Gasteiger partial charge is 0.454 e. The maximum atomic E-state index is 13.6. The molecule has 3 aromatic rings. The lowest BCUT2D eigenvalue weighted by atomic mass is 9.94. The average molecular weight is 490 g/mol. The molecule has 0 bridgehead atoms. The van der Waals surface area contributed by atoms with E-state index in [0.29, 0.717) is 25.0 Å². The van der Waals surface area contributed by atoms with E-state index in [1.807, 2.05) is 42.5 Å². The van der Waals surface area contributed by atoms with Gasteiger partial charge in [0, 0.05) is 51.2 Å². The molecule has 2 aliphatic heterocycles. The Bertz CT molecular complexity index is 1170. The fraction of sp³-hybridized carbons (Fsp3) is 0.464. The van der Waals surface area contributed by atoms with E-state index >= 15 is 0 Å². The average Bonchev–Trinajstić information content (AvgIpc) is 3.63. The lowest BCUT2D eigenvalue weighted by Gasteiger charge is -2.28. The minimum atomic E-state index is 0.129. The van der Waals surface area contributed by atoms with Gasteiger partial charge in [-0.3, -0.25) is 14.7 Å². The number of aryl methyl sites for hydroxylation is 2. The van der Waals surface area contributed by atoms with Crippen LogP contribution in [0.4, 0.5) is 5.69 Å². The number of likely N-dealkylation sites (tertiary alicyclic amines) is 1. The third kappa shape index (κ3) is 5.38. The van der Waals surface area contributed by atoms with Gasteiger partial charge in [-0.1, -0.05) is 19.4 Å². The van der Waals surface area contributed by atoms with E-state index in [1.54, 1.807) is 12.4 Å². The molecule has 0 spiro atoms. The Labute approximate surface area is 212 Å². The molecule has 2 atom stereocenters. The predicted molar refractivity (Wildman–Crippen MR) is 138 cm³/mol. The number of aromatic nitrogens is 3. The molecule has 1 amide bonds. The van der Waals surface area contributed by atoms with Crippen LogP contribution in [-0.2, 0) is 18.3 Å². The number of hydrogen-bond acceptors (Lipinski definition) is 6. The molecule has 0 radical (unpaired) electrons. The summed E-state index contributed by atoms with van der Waals surface area (Å²) in [6.07, 6.45) is 12.2. The van der Waals surface area contributed by atoms with E-state index in [-0.39, 0.29) is 12.7 Å². The first-order valence-corrected chi connectivity index (χ1v) is 12.9. The van der Waals surface area contributed by atoms with E-state index in [9.17, 15) is 4.79 Å².